The molecule has 1 heterocycles. The first-order valence-corrected chi connectivity index (χ1v) is 7.04. The summed E-state index contributed by atoms with van der Waals surface area (Å²) >= 11 is 13.9. The summed E-state index contributed by atoms with van der Waals surface area (Å²) in [6.45, 7) is 0. The van der Waals surface area contributed by atoms with Crippen molar-refractivity contribution in [2.24, 2.45) is 0 Å². The van der Waals surface area contributed by atoms with E-state index in [9.17, 15) is 0 Å². The number of rotatable bonds is 4. The maximum atomic E-state index is 6.24. The summed E-state index contributed by atoms with van der Waals surface area (Å²) in [6.07, 6.45) is 0. The zero-order chi connectivity index (χ0) is 13.1. The van der Waals surface area contributed by atoms with Gasteiger partial charge < -0.3 is 10.1 Å². The van der Waals surface area contributed by atoms with E-state index in [1.54, 1.807) is 24.5 Å². The van der Waals surface area contributed by atoms with Gasteiger partial charge >= 0.3 is 0 Å². The predicted molar refractivity (Wildman–Crippen MR) is 78.2 cm³/mol. The molecule has 2 nitrogen and oxygen atoms in total. The van der Waals surface area contributed by atoms with Gasteiger partial charge in [-0.3, -0.25) is 0 Å². The minimum Gasteiger partial charge on any atom is -0.496 e. The number of ether oxygens (including phenoxy) is 1. The Hall–Kier alpha value is -0.740. The Morgan fingerprint density at radius 3 is 2.67 bits per heavy atom. The van der Waals surface area contributed by atoms with Gasteiger partial charge in [-0.25, -0.2) is 0 Å². The van der Waals surface area contributed by atoms with Gasteiger partial charge in [0.1, 0.15) is 5.75 Å². The van der Waals surface area contributed by atoms with Crippen LogP contribution in [0.4, 0.5) is 0 Å². The number of halogens is 2. The molecular weight excluding hydrogens is 289 g/mol. The van der Waals surface area contributed by atoms with Crippen LogP contribution in [0.1, 0.15) is 16.5 Å². The standard InChI is InChI=1S/C13H13Cl2NOS/c1-16-13(12-6-9(17-2)7-18-12)10-5-8(14)3-4-11(10)15/h3-7,13,16H,1-2H3. The maximum Gasteiger partial charge on any atom is 0.129 e. The van der Waals surface area contributed by atoms with Gasteiger partial charge in [-0.05, 0) is 36.9 Å². The molecule has 1 aromatic heterocycles. The summed E-state index contributed by atoms with van der Waals surface area (Å²) < 4.78 is 5.20. The van der Waals surface area contributed by atoms with Crippen LogP contribution in [0.5, 0.6) is 5.75 Å². The molecule has 0 aliphatic heterocycles. The van der Waals surface area contributed by atoms with Crippen LogP contribution in [0.15, 0.2) is 29.6 Å². The summed E-state index contributed by atoms with van der Waals surface area (Å²) in [7, 11) is 3.56. The number of thiophene rings is 1. The Kier molecular flexibility index (Phi) is 4.51. The van der Waals surface area contributed by atoms with Crippen molar-refractivity contribution in [1.29, 1.82) is 0 Å². The van der Waals surface area contributed by atoms with Gasteiger partial charge in [-0.1, -0.05) is 23.2 Å². The normalized spacial score (nSPS) is 12.4. The summed E-state index contributed by atoms with van der Waals surface area (Å²) in [5, 5.41) is 6.60. The van der Waals surface area contributed by atoms with E-state index in [1.807, 2.05) is 30.6 Å². The van der Waals surface area contributed by atoms with Crippen molar-refractivity contribution in [2.45, 2.75) is 6.04 Å². The fraction of sp³-hybridized carbons (Fsp3) is 0.231. The first-order chi connectivity index (χ1) is 8.65. The van der Waals surface area contributed by atoms with E-state index in [2.05, 4.69) is 5.32 Å². The summed E-state index contributed by atoms with van der Waals surface area (Å²) in [4.78, 5) is 1.14. The fourth-order valence-corrected chi connectivity index (χ4v) is 3.17. The largest absolute Gasteiger partial charge is 0.496 e. The van der Waals surface area contributed by atoms with Crippen LogP contribution >= 0.6 is 34.5 Å². The van der Waals surface area contributed by atoms with Crippen molar-refractivity contribution in [3.8, 4) is 5.75 Å². The Morgan fingerprint density at radius 2 is 2.06 bits per heavy atom. The number of methoxy groups -OCH3 is 1. The Morgan fingerprint density at radius 1 is 1.28 bits per heavy atom. The lowest BCUT2D eigenvalue weighted by Crippen LogP contribution is -2.16. The molecule has 1 atom stereocenters. The Labute approximate surface area is 120 Å². The van der Waals surface area contributed by atoms with Crippen LogP contribution in [0.2, 0.25) is 10.0 Å². The first kappa shape index (κ1) is 13.7. The third-order valence-corrected chi connectivity index (χ3v) is 4.23. The van der Waals surface area contributed by atoms with Crippen molar-refractivity contribution >= 4 is 34.5 Å². The second kappa shape index (κ2) is 5.93. The van der Waals surface area contributed by atoms with E-state index in [1.165, 1.54) is 0 Å². The molecule has 1 aromatic carbocycles. The molecule has 1 N–H and O–H groups in total. The van der Waals surface area contributed by atoms with Gasteiger partial charge in [0.2, 0.25) is 0 Å². The number of hydrogen-bond acceptors (Lipinski definition) is 3. The second-order valence-corrected chi connectivity index (χ2v) is 5.56. The molecule has 0 aliphatic rings. The molecule has 2 rings (SSSR count). The van der Waals surface area contributed by atoms with Crippen LogP contribution < -0.4 is 10.1 Å². The van der Waals surface area contributed by atoms with Gasteiger partial charge in [-0.2, -0.15) is 0 Å². The van der Waals surface area contributed by atoms with Crippen molar-refractivity contribution in [3.63, 3.8) is 0 Å². The number of nitrogens with one attached hydrogen (secondary N) is 1. The van der Waals surface area contributed by atoms with Gasteiger partial charge in [0.05, 0.1) is 13.2 Å². The van der Waals surface area contributed by atoms with Crippen LogP contribution in [0, 0.1) is 0 Å². The third-order valence-electron chi connectivity index (χ3n) is 2.67. The van der Waals surface area contributed by atoms with E-state index in [0.717, 1.165) is 16.2 Å². The Balaban J connectivity index is 2.41. The lowest BCUT2D eigenvalue weighted by molar-refractivity contribution is 0.416. The SMILES string of the molecule is CNC(c1cc(OC)cs1)c1cc(Cl)ccc1Cl. The average molecular weight is 302 g/mol. The molecule has 0 saturated heterocycles. The molecular formula is C13H13Cl2NOS. The quantitative estimate of drug-likeness (QED) is 0.905. The maximum absolute atomic E-state index is 6.24. The summed E-state index contributed by atoms with van der Waals surface area (Å²) in [6, 6.07) is 7.51. The van der Waals surface area contributed by atoms with Crippen LogP contribution in [-0.4, -0.2) is 14.2 Å². The highest BCUT2D eigenvalue weighted by atomic mass is 35.5. The van der Waals surface area contributed by atoms with E-state index < -0.39 is 0 Å². The average Bonchev–Trinajstić information content (AvgIpc) is 2.83. The monoisotopic (exact) mass is 301 g/mol. The van der Waals surface area contributed by atoms with Crippen molar-refractivity contribution in [2.75, 3.05) is 14.2 Å². The topological polar surface area (TPSA) is 21.3 Å². The van der Waals surface area contributed by atoms with Crippen molar-refractivity contribution < 1.29 is 4.74 Å². The zero-order valence-corrected chi connectivity index (χ0v) is 12.4. The summed E-state index contributed by atoms with van der Waals surface area (Å²) in [5.74, 6) is 0.855. The van der Waals surface area contributed by atoms with E-state index >= 15 is 0 Å². The molecule has 0 amide bonds. The van der Waals surface area contributed by atoms with Crippen molar-refractivity contribution in [3.05, 3.63) is 50.1 Å². The molecule has 0 bridgehead atoms. The van der Waals surface area contributed by atoms with E-state index in [4.69, 9.17) is 27.9 Å². The minimum atomic E-state index is 0.0186. The molecule has 18 heavy (non-hydrogen) atoms. The van der Waals surface area contributed by atoms with Gasteiger partial charge in [-0.15, -0.1) is 11.3 Å². The van der Waals surface area contributed by atoms with E-state index in [0.29, 0.717) is 10.0 Å². The van der Waals surface area contributed by atoms with Crippen molar-refractivity contribution in [1.82, 2.24) is 5.32 Å². The van der Waals surface area contributed by atoms with Gasteiger partial charge in [0.25, 0.3) is 0 Å². The first-order valence-electron chi connectivity index (χ1n) is 5.40. The number of benzene rings is 1. The van der Waals surface area contributed by atoms with Gasteiger partial charge in [0, 0.05) is 20.3 Å². The number of hydrogen-bond donors (Lipinski definition) is 1. The predicted octanol–water partition coefficient (Wildman–Crippen LogP) is 4.37. The molecule has 0 aliphatic carbocycles. The summed E-state index contributed by atoms with van der Waals surface area (Å²) in [5.41, 5.74) is 0.969. The molecule has 0 fully saturated rings. The third kappa shape index (κ3) is 2.81. The second-order valence-electron chi connectivity index (χ2n) is 3.78. The molecule has 0 radical (unpaired) electrons. The highest BCUT2D eigenvalue weighted by Gasteiger charge is 2.17. The smallest absolute Gasteiger partial charge is 0.129 e. The molecule has 0 saturated carbocycles. The van der Waals surface area contributed by atoms with Crippen LogP contribution in [0.25, 0.3) is 0 Å². The highest BCUT2D eigenvalue weighted by Crippen LogP contribution is 2.35. The molecule has 1 unspecified atom stereocenters. The van der Waals surface area contributed by atoms with E-state index in [-0.39, 0.29) is 6.04 Å². The Bertz CT molecular complexity index is 542. The lowest BCUT2D eigenvalue weighted by Gasteiger charge is -2.16. The molecule has 5 heteroatoms. The molecule has 2 aromatic rings. The fourth-order valence-electron chi connectivity index (χ4n) is 1.78. The molecule has 0 spiro atoms. The lowest BCUT2D eigenvalue weighted by atomic mass is 10.1. The van der Waals surface area contributed by atoms with Gasteiger partial charge in [0.15, 0.2) is 0 Å². The highest BCUT2D eigenvalue weighted by molar-refractivity contribution is 7.10. The van der Waals surface area contributed by atoms with Crippen LogP contribution in [0.3, 0.4) is 0 Å². The molecule has 96 valence electrons. The van der Waals surface area contributed by atoms with Crippen LogP contribution in [-0.2, 0) is 0 Å². The zero-order valence-electron chi connectivity index (χ0n) is 10.0. The minimum absolute atomic E-state index is 0.0186.